The lowest BCUT2D eigenvalue weighted by molar-refractivity contribution is 0.117. The van der Waals surface area contributed by atoms with Gasteiger partial charge in [-0.25, -0.2) is 0 Å². The van der Waals surface area contributed by atoms with Gasteiger partial charge in [0.15, 0.2) is 0 Å². The molecule has 0 amide bonds. The average Bonchev–Trinajstić information content (AvgIpc) is 2.47. The van der Waals surface area contributed by atoms with Crippen LogP contribution in [0.15, 0.2) is 28.7 Å². The lowest BCUT2D eigenvalue weighted by Gasteiger charge is -2.18. The molecule has 0 aliphatic rings. The number of nitrogens with one attached hydrogen (secondary N) is 1. The maximum Gasteiger partial charge on any atom is 0.0469 e. The Balaban J connectivity index is 2.39. The summed E-state index contributed by atoms with van der Waals surface area (Å²) in [6, 6.07) is 8.65. The summed E-state index contributed by atoms with van der Waals surface area (Å²) < 4.78 is 6.90. The Morgan fingerprint density at radius 2 is 2.05 bits per heavy atom. The van der Waals surface area contributed by atoms with E-state index in [1.54, 1.807) is 0 Å². The standard InChI is InChI=1S/C18H30BrNO/c1-3-5-11-21-12-9-17(15-20-10-4-2)13-16-7-6-8-18(19)14-16/h6-8,14,17,20H,3-5,9-13,15H2,1-2H3. The van der Waals surface area contributed by atoms with Gasteiger partial charge >= 0.3 is 0 Å². The quantitative estimate of drug-likeness (QED) is 0.543. The molecule has 0 heterocycles. The van der Waals surface area contributed by atoms with Crippen molar-refractivity contribution in [1.29, 1.82) is 0 Å². The molecule has 0 aliphatic carbocycles. The van der Waals surface area contributed by atoms with E-state index in [1.165, 1.54) is 29.3 Å². The van der Waals surface area contributed by atoms with Crippen LogP contribution in [-0.4, -0.2) is 26.3 Å². The molecule has 2 nitrogen and oxygen atoms in total. The van der Waals surface area contributed by atoms with Gasteiger partial charge in [0.05, 0.1) is 0 Å². The fraction of sp³-hybridized carbons (Fsp3) is 0.667. The number of benzene rings is 1. The second-order valence-corrected chi connectivity index (χ2v) is 6.57. The molecule has 1 aromatic carbocycles. The van der Waals surface area contributed by atoms with Crippen LogP contribution in [-0.2, 0) is 11.2 Å². The minimum Gasteiger partial charge on any atom is -0.381 e. The normalized spacial score (nSPS) is 12.5. The Labute approximate surface area is 138 Å². The highest BCUT2D eigenvalue weighted by molar-refractivity contribution is 9.10. The minimum atomic E-state index is 0.646. The van der Waals surface area contributed by atoms with Gasteiger partial charge in [-0.05, 0) is 62.4 Å². The number of hydrogen-bond donors (Lipinski definition) is 1. The molecule has 1 rings (SSSR count). The summed E-state index contributed by atoms with van der Waals surface area (Å²) >= 11 is 3.56. The Kier molecular flexibility index (Phi) is 10.8. The fourth-order valence-corrected chi connectivity index (χ4v) is 2.80. The summed E-state index contributed by atoms with van der Waals surface area (Å²) in [6.45, 7) is 8.39. The van der Waals surface area contributed by atoms with Gasteiger partial charge in [-0.3, -0.25) is 0 Å². The Hall–Kier alpha value is -0.380. The first-order valence-corrected chi connectivity index (χ1v) is 9.08. The van der Waals surface area contributed by atoms with E-state index >= 15 is 0 Å². The zero-order chi connectivity index (χ0) is 15.3. The molecule has 21 heavy (non-hydrogen) atoms. The average molecular weight is 356 g/mol. The van der Waals surface area contributed by atoms with Crippen LogP contribution in [0.1, 0.15) is 45.1 Å². The van der Waals surface area contributed by atoms with Crippen LogP contribution in [0.2, 0.25) is 0 Å². The predicted octanol–water partition coefficient (Wildman–Crippen LogP) is 4.81. The molecule has 0 spiro atoms. The van der Waals surface area contributed by atoms with Crippen LogP contribution in [0, 0.1) is 5.92 Å². The topological polar surface area (TPSA) is 21.3 Å². The SMILES string of the molecule is CCCCOCCC(CNCCC)Cc1cccc(Br)c1. The maximum absolute atomic E-state index is 5.74. The van der Waals surface area contributed by atoms with Crippen molar-refractivity contribution in [3.05, 3.63) is 34.3 Å². The summed E-state index contributed by atoms with van der Waals surface area (Å²) in [5.41, 5.74) is 1.40. The molecule has 1 N–H and O–H groups in total. The van der Waals surface area contributed by atoms with Gasteiger partial charge < -0.3 is 10.1 Å². The van der Waals surface area contributed by atoms with Crippen molar-refractivity contribution in [2.45, 2.75) is 46.0 Å². The molecule has 0 fully saturated rings. The zero-order valence-corrected chi connectivity index (χ0v) is 15.1. The van der Waals surface area contributed by atoms with E-state index in [0.29, 0.717) is 5.92 Å². The minimum absolute atomic E-state index is 0.646. The van der Waals surface area contributed by atoms with Gasteiger partial charge in [0.25, 0.3) is 0 Å². The van der Waals surface area contributed by atoms with Gasteiger partial charge in [-0.15, -0.1) is 0 Å². The maximum atomic E-state index is 5.74. The van der Waals surface area contributed by atoms with Crippen LogP contribution in [0.25, 0.3) is 0 Å². The molecule has 0 aromatic heterocycles. The first-order valence-electron chi connectivity index (χ1n) is 8.29. The first-order chi connectivity index (χ1) is 10.3. The van der Waals surface area contributed by atoms with Gasteiger partial charge in [-0.2, -0.15) is 0 Å². The number of unbranched alkanes of at least 4 members (excludes halogenated alkanes) is 1. The molecule has 3 heteroatoms. The van der Waals surface area contributed by atoms with Gasteiger partial charge in [0.1, 0.15) is 0 Å². The van der Waals surface area contributed by atoms with E-state index in [1.807, 2.05) is 0 Å². The van der Waals surface area contributed by atoms with Crippen LogP contribution >= 0.6 is 15.9 Å². The van der Waals surface area contributed by atoms with E-state index in [-0.39, 0.29) is 0 Å². The molecule has 120 valence electrons. The highest BCUT2D eigenvalue weighted by Gasteiger charge is 2.10. The third-order valence-electron chi connectivity index (χ3n) is 3.59. The summed E-state index contributed by atoms with van der Waals surface area (Å²) in [4.78, 5) is 0. The molecule has 1 atom stereocenters. The van der Waals surface area contributed by atoms with Crippen molar-refractivity contribution in [1.82, 2.24) is 5.32 Å². The smallest absolute Gasteiger partial charge is 0.0469 e. The van der Waals surface area contributed by atoms with E-state index in [4.69, 9.17) is 4.74 Å². The van der Waals surface area contributed by atoms with Gasteiger partial charge in [-0.1, -0.05) is 48.3 Å². The lowest BCUT2D eigenvalue weighted by atomic mass is 9.96. The van der Waals surface area contributed by atoms with E-state index in [2.05, 4.69) is 59.4 Å². The highest BCUT2D eigenvalue weighted by atomic mass is 79.9. The molecular weight excluding hydrogens is 326 g/mol. The third-order valence-corrected chi connectivity index (χ3v) is 4.08. The monoisotopic (exact) mass is 355 g/mol. The second-order valence-electron chi connectivity index (χ2n) is 5.66. The van der Waals surface area contributed by atoms with Crippen molar-refractivity contribution in [2.75, 3.05) is 26.3 Å². The summed E-state index contributed by atoms with van der Waals surface area (Å²) in [7, 11) is 0. The number of hydrogen-bond acceptors (Lipinski definition) is 2. The van der Waals surface area contributed by atoms with Crippen molar-refractivity contribution in [3.63, 3.8) is 0 Å². The fourth-order valence-electron chi connectivity index (χ4n) is 2.35. The Bertz CT molecular complexity index is 370. The van der Waals surface area contributed by atoms with E-state index in [0.717, 1.165) is 39.1 Å². The van der Waals surface area contributed by atoms with Crippen LogP contribution in [0.5, 0.6) is 0 Å². The second kappa shape index (κ2) is 12.2. The number of halogens is 1. The summed E-state index contributed by atoms with van der Waals surface area (Å²) in [5.74, 6) is 0.646. The molecule has 1 unspecified atom stereocenters. The highest BCUT2D eigenvalue weighted by Crippen LogP contribution is 2.17. The van der Waals surface area contributed by atoms with Crippen molar-refractivity contribution in [3.8, 4) is 0 Å². The molecule has 0 aliphatic heterocycles. The molecule has 1 aromatic rings. The molecule has 0 bridgehead atoms. The van der Waals surface area contributed by atoms with Crippen LogP contribution < -0.4 is 5.32 Å². The molecule has 0 saturated carbocycles. The summed E-state index contributed by atoms with van der Waals surface area (Å²) in [6.07, 6.45) is 5.82. The van der Waals surface area contributed by atoms with Gasteiger partial charge in [0.2, 0.25) is 0 Å². The lowest BCUT2D eigenvalue weighted by Crippen LogP contribution is -2.26. The molecule has 0 saturated heterocycles. The zero-order valence-electron chi connectivity index (χ0n) is 13.5. The Morgan fingerprint density at radius 1 is 1.19 bits per heavy atom. The van der Waals surface area contributed by atoms with Crippen molar-refractivity contribution >= 4 is 15.9 Å². The van der Waals surface area contributed by atoms with Crippen molar-refractivity contribution in [2.24, 2.45) is 5.92 Å². The van der Waals surface area contributed by atoms with Crippen molar-refractivity contribution < 1.29 is 4.74 Å². The summed E-state index contributed by atoms with van der Waals surface area (Å²) in [5, 5.41) is 3.55. The van der Waals surface area contributed by atoms with Gasteiger partial charge in [0, 0.05) is 17.7 Å². The largest absolute Gasteiger partial charge is 0.381 e. The van der Waals surface area contributed by atoms with E-state index in [9.17, 15) is 0 Å². The third kappa shape index (κ3) is 9.28. The van der Waals surface area contributed by atoms with E-state index < -0.39 is 0 Å². The predicted molar refractivity (Wildman–Crippen MR) is 94.8 cm³/mol. The first kappa shape index (κ1) is 18.7. The number of rotatable bonds is 12. The molecular formula is C18H30BrNO. The number of ether oxygens (including phenoxy) is 1. The Morgan fingerprint density at radius 3 is 2.76 bits per heavy atom. The van der Waals surface area contributed by atoms with Crippen LogP contribution in [0.4, 0.5) is 0 Å². The van der Waals surface area contributed by atoms with Crippen LogP contribution in [0.3, 0.4) is 0 Å². The molecule has 0 radical (unpaired) electrons.